The lowest BCUT2D eigenvalue weighted by Gasteiger charge is -2.43. The van der Waals surface area contributed by atoms with E-state index in [-0.39, 0.29) is 0 Å². The normalized spacial score (nSPS) is 15.8. The van der Waals surface area contributed by atoms with Crippen molar-refractivity contribution in [2.24, 2.45) is 0 Å². The molecule has 33 heavy (non-hydrogen) atoms. The van der Waals surface area contributed by atoms with Crippen molar-refractivity contribution in [1.29, 1.82) is 0 Å². The van der Waals surface area contributed by atoms with Crippen molar-refractivity contribution in [3.05, 3.63) is 0 Å². The van der Waals surface area contributed by atoms with Gasteiger partial charge in [0.05, 0.1) is 36.3 Å². The van der Waals surface area contributed by atoms with Crippen molar-refractivity contribution >= 4 is 16.6 Å². The molecule has 0 heterocycles. The number of hydrogen-bond donors (Lipinski definition) is 0. The van der Waals surface area contributed by atoms with Gasteiger partial charge in [-0.15, -0.1) is 0 Å². The Balaban J connectivity index is 7.07. The van der Waals surface area contributed by atoms with E-state index < -0.39 is 90.0 Å². The maximum atomic E-state index is 12.9. The van der Waals surface area contributed by atoms with Gasteiger partial charge in [-0.25, -0.2) is 0 Å². The summed E-state index contributed by atoms with van der Waals surface area (Å²) in [5.74, 6) is 0. The van der Waals surface area contributed by atoms with Gasteiger partial charge >= 0.3 is 37.1 Å². The van der Waals surface area contributed by atoms with Gasteiger partial charge in [0.1, 0.15) is 0 Å². The maximum Gasteiger partial charge on any atom is 0.389 e. The molecule has 21 heteroatoms. The molecule has 0 saturated heterocycles. The molecule has 0 aromatic rings. The Kier molecular flexibility index (Phi) is 9.39. The van der Waals surface area contributed by atoms with E-state index in [1.807, 2.05) is 0 Å². The second kappa shape index (κ2) is 9.65. The minimum absolute atomic E-state index is 3.28. The standard InChI is InChI=1S/C12H12F18OSi2/c13-7(14,15)1-32(2-8(16,17)18,3-9(19,20)21)31-33(4-10(22,23)24,5-11(25,26)27)6-12(28,29)30/h1-6H2. The van der Waals surface area contributed by atoms with Gasteiger partial charge in [0.25, 0.3) is 0 Å². The zero-order chi connectivity index (χ0) is 26.9. The molecule has 0 saturated carbocycles. The lowest BCUT2D eigenvalue weighted by atomic mass is 10.7. The van der Waals surface area contributed by atoms with Gasteiger partial charge in [-0.1, -0.05) is 0 Å². The Morgan fingerprint density at radius 3 is 0.515 bits per heavy atom. The minimum atomic E-state index is -6.95. The minimum Gasteiger partial charge on any atom is -0.453 e. The van der Waals surface area contributed by atoms with Crippen LogP contribution in [0, 0.1) is 0 Å². The van der Waals surface area contributed by atoms with Crippen LogP contribution in [-0.4, -0.2) is 53.7 Å². The molecule has 0 aromatic carbocycles. The molecule has 200 valence electrons. The monoisotopic (exact) mass is 570 g/mol. The summed E-state index contributed by atoms with van der Waals surface area (Å²) in [6, 6.07) is -19.7. The second-order valence-electron chi connectivity index (χ2n) is 7.22. The van der Waals surface area contributed by atoms with Crippen LogP contribution in [0.3, 0.4) is 0 Å². The highest BCUT2D eigenvalue weighted by Crippen LogP contribution is 2.50. The first kappa shape index (κ1) is 32.1. The third kappa shape index (κ3) is 15.6. The predicted octanol–water partition coefficient (Wildman–Crippen LogP) is 8.27. The molecule has 0 aliphatic heterocycles. The van der Waals surface area contributed by atoms with E-state index in [0.717, 1.165) is 0 Å². The largest absolute Gasteiger partial charge is 0.453 e. The van der Waals surface area contributed by atoms with E-state index in [0.29, 0.717) is 0 Å². The molecule has 0 spiro atoms. The molecule has 0 aliphatic rings. The summed E-state index contributed by atoms with van der Waals surface area (Å²) in [5, 5.41) is 0. The van der Waals surface area contributed by atoms with Crippen molar-refractivity contribution in [2.45, 2.75) is 73.3 Å². The second-order valence-corrected chi connectivity index (χ2v) is 14.9. The molecule has 0 fully saturated rings. The number of halogens is 18. The first-order valence-corrected chi connectivity index (χ1v) is 13.1. The van der Waals surface area contributed by atoms with Crippen LogP contribution in [0.4, 0.5) is 79.0 Å². The van der Waals surface area contributed by atoms with Crippen molar-refractivity contribution < 1.29 is 83.1 Å². The smallest absolute Gasteiger partial charge is 0.389 e. The SMILES string of the molecule is FC(F)(F)C[Si](CC(F)(F)F)(CC(F)(F)F)O[Si](CC(F)(F)F)(CC(F)(F)F)CC(F)(F)F. The summed E-state index contributed by atoms with van der Waals surface area (Å²) in [7, 11) is -13.9. The summed E-state index contributed by atoms with van der Waals surface area (Å²) in [5.41, 5.74) is 0. The van der Waals surface area contributed by atoms with E-state index in [2.05, 4.69) is 4.12 Å². The summed E-state index contributed by atoms with van der Waals surface area (Å²) in [6.07, 6.45) is -36.3. The van der Waals surface area contributed by atoms with Crippen LogP contribution in [0.25, 0.3) is 0 Å². The van der Waals surface area contributed by atoms with Crippen molar-refractivity contribution in [3.63, 3.8) is 0 Å². The molecular formula is C12H12F18OSi2. The van der Waals surface area contributed by atoms with Gasteiger partial charge in [0.15, 0.2) is 0 Å². The number of hydrogen-bond acceptors (Lipinski definition) is 1. The van der Waals surface area contributed by atoms with E-state index in [1.165, 1.54) is 0 Å². The van der Waals surface area contributed by atoms with Gasteiger partial charge in [0, 0.05) is 0 Å². The van der Waals surface area contributed by atoms with Crippen LogP contribution in [0.1, 0.15) is 0 Å². The maximum absolute atomic E-state index is 12.9. The van der Waals surface area contributed by atoms with Gasteiger partial charge in [-0.2, -0.15) is 79.0 Å². The van der Waals surface area contributed by atoms with Gasteiger partial charge < -0.3 is 4.12 Å². The van der Waals surface area contributed by atoms with Crippen molar-refractivity contribution in [3.8, 4) is 0 Å². The van der Waals surface area contributed by atoms with Crippen LogP contribution in [0.5, 0.6) is 0 Å². The Morgan fingerprint density at radius 1 is 0.303 bits per heavy atom. The summed E-state index contributed by atoms with van der Waals surface area (Å²) < 4.78 is 235. The van der Waals surface area contributed by atoms with Crippen LogP contribution in [0.15, 0.2) is 0 Å². The molecule has 0 amide bonds. The molecule has 0 unspecified atom stereocenters. The van der Waals surface area contributed by atoms with Crippen LogP contribution in [-0.2, 0) is 4.12 Å². The summed E-state index contributed by atoms with van der Waals surface area (Å²) in [4.78, 5) is 0. The van der Waals surface area contributed by atoms with Gasteiger partial charge in [0.2, 0.25) is 16.6 Å². The fourth-order valence-electron chi connectivity index (χ4n) is 3.24. The van der Waals surface area contributed by atoms with Crippen molar-refractivity contribution in [2.75, 3.05) is 0 Å². The molecule has 0 aliphatic carbocycles. The van der Waals surface area contributed by atoms with Gasteiger partial charge in [-0.3, -0.25) is 0 Å². The Labute approximate surface area is 174 Å². The number of alkyl halides is 18. The Hall–Kier alpha value is -0.866. The molecule has 0 N–H and O–H groups in total. The highest BCUT2D eigenvalue weighted by molar-refractivity contribution is 6.87. The summed E-state index contributed by atoms with van der Waals surface area (Å²) in [6.45, 7) is 0. The molecule has 0 radical (unpaired) electrons. The highest BCUT2D eigenvalue weighted by atomic mass is 28.4. The average molecular weight is 570 g/mol. The van der Waals surface area contributed by atoms with E-state index in [9.17, 15) is 79.0 Å². The first-order chi connectivity index (χ1) is 13.9. The molecule has 0 bridgehead atoms. The zero-order valence-corrected chi connectivity index (χ0v) is 17.5. The van der Waals surface area contributed by atoms with E-state index in [4.69, 9.17) is 0 Å². The zero-order valence-electron chi connectivity index (χ0n) is 15.5. The third-order valence-electron chi connectivity index (χ3n) is 3.57. The quantitative estimate of drug-likeness (QED) is 0.211. The van der Waals surface area contributed by atoms with Crippen LogP contribution >= 0.6 is 0 Å². The molecular weight excluding hydrogens is 558 g/mol. The molecule has 0 aromatic heterocycles. The predicted molar refractivity (Wildman–Crippen MR) is 77.8 cm³/mol. The average Bonchev–Trinajstić information content (AvgIpc) is 2.20. The Bertz CT molecular complexity index is 486. The topological polar surface area (TPSA) is 9.23 Å². The molecule has 1 nitrogen and oxygen atoms in total. The Morgan fingerprint density at radius 2 is 0.424 bits per heavy atom. The lowest BCUT2D eigenvalue weighted by Crippen LogP contribution is -2.60. The van der Waals surface area contributed by atoms with E-state index in [1.54, 1.807) is 0 Å². The third-order valence-corrected chi connectivity index (χ3v) is 13.3. The number of rotatable bonds is 8. The summed E-state index contributed by atoms with van der Waals surface area (Å²) >= 11 is 0. The fourth-order valence-corrected chi connectivity index (χ4v) is 13.8. The first-order valence-electron chi connectivity index (χ1n) is 8.05. The van der Waals surface area contributed by atoms with Gasteiger partial charge in [-0.05, 0) is 0 Å². The molecule has 0 rings (SSSR count). The van der Waals surface area contributed by atoms with Crippen LogP contribution in [0.2, 0.25) is 36.3 Å². The highest BCUT2D eigenvalue weighted by Gasteiger charge is 2.64. The lowest BCUT2D eigenvalue weighted by molar-refractivity contribution is -0.134. The van der Waals surface area contributed by atoms with Crippen molar-refractivity contribution in [1.82, 2.24) is 0 Å². The molecule has 0 atom stereocenters. The van der Waals surface area contributed by atoms with E-state index >= 15 is 0 Å². The van der Waals surface area contributed by atoms with Crippen LogP contribution < -0.4 is 0 Å². The fraction of sp³-hybridized carbons (Fsp3) is 1.00.